The summed E-state index contributed by atoms with van der Waals surface area (Å²) in [5, 5.41) is 16.7. The summed E-state index contributed by atoms with van der Waals surface area (Å²) in [7, 11) is 0. The Labute approximate surface area is 314 Å². The fourth-order valence-electron chi connectivity index (χ4n) is 9.52. The Hall–Kier alpha value is -4.41. The molecule has 0 spiro atoms. The molecule has 8 nitrogen and oxygen atoms in total. The molecule has 3 unspecified atom stereocenters. The second kappa shape index (κ2) is 14.8. The number of hydrogen-bond acceptors (Lipinski definition) is 7. The number of thioether (sulfide) groups is 1. The molecule has 2 heterocycles. The third-order valence-electron chi connectivity index (χ3n) is 11.6. The fourth-order valence-corrected chi connectivity index (χ4v) is 10.4. The van der Waals surface area contributed by atoms with Gasteiger partial charge < -0.3 is 29.6 Å². The number of urea groups is 1. The van der Waals surface area contributed by atoms with Crippen LogP contribution in [0.15, 0.2) is 119 Å². The number of carbonyl (C=O) groups is 1. The first-order valence-electron chi connectivity index (χ1n) is 18.9. The second-order valence-electron chi connectivity index (χ2n) is 15.4. The summed E-state index contributed by atoms with van der Waals surface area (Å²) in [6, 6.07) is 35.8. The first-order valence-corrected chi connectivity index (χ1v) is 19.9. The van der Waals surface area contributed by atoms with E-state index in [1.807, 2.05) is 109 Å². The SMILES string of the molecule is O=C(Nc1ccc(C2OC(CSc3nc(-c4ccccc4)c(-c4ccccc4)o3)CC(c3ccc(CO)cc3)O2)cc1)NC12CC3CC(CC(C3)C1)C2. The normalized spacial score (nSPS) is 27.4. The lowest BCUT2D eigenvalue weighted by atomic mass is 9.53. The van der Waals surface area contributed by atoms with Crippen molar-refractivity contribution in [1.29, 1.82) is 0 Å². The summed E-state index contributed by atoms with van der Waals surface area (Å²) < 4.78 is 19.6. The van der Waals surface area contributed by atoms with E-state index in [0.717, 1.165) is 82.0 Å². The second-order valence-corrected chi connectivity index (χ2v) is 16.4. The number of hydrogen-bond donors (Lipinski definition) is 3. The molecule has 4 aromatic carbocycles. The van der Waals surface area contributed by atoms with Gasteiger partial charge in [0.25, 0.3) is 5.22 Å². The number of amides is 2. The minimum Gasteiger partial charge on any atom is -0.431 e. The summed E-state index contributed by atoms with van der Waals surface area (Å²) >= 11 is 1.54. The Bertz CT molecular complexity index is 1930. The number of rotatable bonds is 10. The number of benzene rings is 4. The van der Waals surface area contributed by atoms with Gasteiger partial charge in [-0.05, 0) is 79.5 Å². The van der Waals surface area contributed by atoms with E-state index in [9.17, 15) is 9.90 Å². The highest BCUT2D eigenvalue weighted by molar-refractivity contribution is 7.99. The molecule has 1 aromatic heterocycles. The van der Waals surface area contributed by atoms with Crippen molar-refractivity contribution in [3.63, 3.8) is 0 Å². The highest BCUT2D eigenvalue weighted by atomic mass is 32.2. The number of aliphatic hydroxyl groups is 1. The summed E-state index contributed by atoms with van der Waals surface area (Å²) in [5.74, 6) is 3.65. The number of aliphatic hydroxyl groups excluding tert-OH is 1. The van der Waals surface area contributed by atoms with E-state index >= 15 is 0 Å². The van der Waals surface area contributed by atoms with Crippen molar-refractivity contribution >= 4 is 23.5 Å². The van der Waals surface area contributed by atoms with Crippen LogP contribution < -0.4 is 10.6 Å². The Morgan fingerprint density at radius 3 is 2.02 bits per heavy atom. The molecular weight excluding hydrogens is 683 g/mol. The van der Waals surface area contributed by atoms with Crippen molar-refractivity contribution < 1.29 is 23.8 Å². The van der Waals surface area contributed by atoms with Gasteiger partial charge in [0.2, 0.25) is 0 Å². The number of oxazole rings is 1. The van der Waals surface area contributed by atoms with Gasteiger partial charge in [0.1, 0.15) is 5.69 Å². The van der Waals surface area contributed by atoms with Crippen LogP contribution in [-0.2, 0) is 16.1 Å². The number of aromatic nitrogens is 1. The van der Waals surface area contributed by atoms with E-state index < -0.39 is 6.29 Å². The Morgan fingerprint density at radius 1 is 0.755 bits per heavy atom. The van der Waals surface area contributed by atoms with Crippen LogP contribution in [0.1, 0.15) is 74.0 Å². The van der Waals surface area contributed by atoms with Crippen LogP contribution in [0.5, 0.6) is 0 Å². The smallest absolute Gasteiger partial charge is 0.319 e. The molecule has 4 bridgehead atoms. The first kappa shape index (κ1) is 34.4. The van der Waals surface area contributed by atoms with E-state index in [4.69, 9.17) is 18.9 Å². The summed E-state index contributed by atoms with van der Waals surface area (Å²) in [6.07, 6.45) is 7.00. The average molecular weight is 728 g/mol. The van der Waals surface area contributed by atoms with Crippen LogP contribution >= 0.6 is 11.8 Å². The van der Waals surface area contributed by atoms with Crippen LogP contribution in [0.25, 0.3) is 22.6 Å². The molecule has 272 valence electrons. The maximum absolute atomic E-state index is 13.2. The molecule has 53 heavy (non-hydrogen) atoms. The summed E-state index contributed by atoms with van der Waals surface area (Å²) in [6.45, 7) is -0.0101. The molecule has 5 aliphatic rings. The van der Waals surface area contributed by atoms with Crippen molar-refractivity contribution in [2.24, 2.45) is 17.8 Å². The van der Waals surface area contributed by atoms with Gasteiger partial charge >= 0.3 is 6.03 Å². The minimum atomic E-state index is -0.615. The maximum Gasteiger partial charge on any atom is 0.319 e. The van der Waals surface area contributed by atoms with Gasteiger partial charge in [-0.1, -0.05) is 109 Å². The predicted octanol–water partition coefficient (Wildman–Crippen LogP) is 9.93. The quantitative estimate of drug-likeness (QED) is 0.123. The molecule has 4 aliphatic carbocycles. The largest absolute Gasteiger partial charge is 0.431 e. The zero-order valence-corrected chi connectivity index (χ0v) is 30.5. The number of carbonyl (C=O) groups excluding carboxylic acids is 1. The van der Waals surface area contributed by atoms with Gasteiger partial charge in [-0.15, -0.1) is 0 Å². The van der Waals surface area contributed by atoms with Crippen molar-refractivity contribution in [3.8, 4) is 22.6 Å². The van der Waals surface area contributed by atoms with Gasteiger partial charge in [0.15, 0.2) is 12.1 Å². The molecule has 1 aliphatic heterocycles. The van der Waals surface area contributed by atoms with E-state index in [1.54, 1.807) is 0 Å². The Morgan fingerprint density at radius 2 is 1.38 bits per heavy atom. The molecule has 3 atom stereocenters. The molecular formula is C44H45N3O5S. The molecule has 9 heteroatoms. The molecule has 2 amide bonds. The van der Waals surface area contributed by atoms with E-state index in [2.05, 4.69) is 10.6 Å². The van der Waals surface area contributed by atoms with Crippen molar-refractivity contribution in [2.75, 3.05) is 11.1 Å². The lowest BCUT2D eigenvalue weighted by molar-refractivity contribution is -0.245. The van der Waals surface area contributed by atoms with Gasteiger partial charge in [-0.3, -0.25) is 0 Å². The molecule has 0 radical (unpaired) electrons. The zero-order chi connectivity index (χ0) is 35.8. The van der Waals surface area contributed by atoms with Crippen LogP contribution in [-0.4, -0.2) is 33.5 Å². The van der Waals surface area contributed by atoms with E-state index in [1.165, 1.54) is 31.0 Å². The van der Waals surface area contributed by atoms with Gasteiger partial charge in [0.05, 0.1) is 18.8 Å². The predicted molar refractivity (Wildman–Crippen MR) is 206 cm³/mol. The zero-order valence-electron chi connectivity index (χ0n) is 29.7. The monoisotopic (exact) mass is 727 g/mol. The van der Waals surface area contributed by atoms with Crippen LogP contribution in [0.2, 0.25) is 0 Å². The minimum absolute atomic E-state index is 0.0101. The highest BCUT2D eigenvalue weighted by Gasteiger charge is 2.51. The Kier molecular flexibility index (Phi) is 9.59. The van der Waals surface area contributed by atoms with E-state index in [-0.39, 0.29) is 30.4 Å². The molecule has 5 fully saturated rings. The third kappa shape index (κ3) is 7.53. The fraction of sp³-hybridized carbons (Fsp3) is 0.364. The summed E-state index contributed by atoms with van der Waals surface area (Å²) in [4.78, 5) is 18.2. The highest BCUT2D eigenvalue weighted by Crippen LogP contribution is 2.55. The maximum atomic E-state index is 13.2. The van der Waals surface area contributed by atoms with Crippen molar-refractivity contribution in [2.45, 2.75) is 80.8 Å². The van der Waals surface area contributed by atoms with Crippen molar-refractivity contribution in [1.82, 2.24) is 10.3 Å². The Balaban J connectivity index is 0.906. The molecule has 1 saturated heterocycles. The lowest BCUT2D eigenvalue weighted by Gasteiger charge is -2.56. The topological polar surface area (TPSA) is 106 Å². The number of nitrogens with one attached hydrogen (secondary N) is 2. The standard InChI is InChI=1S/C44H45N3O5S/c48-26-28-11-13-32(14-12-28)38-22-37(27-53-43-46-39(33-7-3-1-4-8-33)40(52-43)34-9-5-2-6-10-34)50-41(51-38)35-15-17-36(18-16-35)45-42(49)47-44-23-29-19-30(24-44)21-31(20-29)25-44/h1-18,29-31,37-38,41,48H,19-27H2,(H2,45,47,49). The molecule has 4 saturated carbocycles. The van der Waals surface area contributed by atoms with Crippen LogP contribution in [0.4, 0.5) is 10.5 Å². The third-order valence-corrected chi connectivity index (χ3v) is 12.5. The molecule has 3 N–H and O–H groups in total. The first-order chi connectivity index (χ1) is 26.0. The van der Waals surface area contributed by atoms with Gasteiger partial charge in [0, 0.05) is 40.1 Å². The molecule has 10 rings (SSSR count). The number of anilines is 1. The van der Waals surface area contributed by atoms with Gasteiger partial charge in [-0.25, -0.2) is 9.78 Å². The average Bonchev–Trinajstić information content (AvgIpc) is 3.62. The van der Waals surface area contributed by atoms with Crippen molar-refractivity contribution in [3.05, 3.63) is 126 Å². The number of nitrogens with zero attached hydrogens (tertiary/aromatic N) is 1. The van der Waals surface area contributed by atoms with Crippen LogP contribution in [0.3, 0.4) is 0 Å². The van der Waals surface area contributed by atoms with Gasteiger partial charge in [-0.2, -0.15) is 0 Å². The number of ether oxygens (including phenoxy) is 2. The summed E-state index contributed by atoms with van der Waals surface area (Å²) in [5.41, 5.74) is 6.23. The lowest BCUT2D eigenvalue weighted by Crippen LogP contribution is -2.60. The van der Waals surface area contributed by atoms with E-state index in [0.29, 0.717) is 17.4 Å². The molecule has 5 aromatic rings. The van der Waals surface area contributed by atoms with Crippen LogP contribution in [0, 0.1) is 17.8 Å².